The number of aryl methyl sites for hydroxylation is 2. The maximum absolute atomic E-state index is 12.4. The fourth-order valence-corrected chi connectivity index (χ4v) is 4.77. The Bertz CT molecular complexity index is 1100. The summed E-state index contributed by atoms with van der Waals surface area (Å²) in [5.74, 6) is 0.941. The lowest BCUT2D eigenvalue weighted by molar-refractivity contribution is -0.113. The smallest absolute Gasteiger partial charge is 0.261 e. The molecule has 8 heteroatoms. The Morgan fingerprint density at radius 2 is 1.70 bits per heavy atom. The number of anilines is 2. The van der Waals surface area contributed by atoms with E-state index in [2.05, 4.69) is 47.1 Å². The summed E-state index contributed by atoms with van der Waals surface area (Å²) in [6.07, 6.45) is 3.00. The largest absolute Gasteiger partial charge is 0.325 e. The third-order valence-corrected chi connectivity index (χ3v) is 6.55. The second-order valence-electron chi connectivity index (χ2n) is 6.91. The van der Waals surface area contributed by atoms with Crippen LogP contribution >= 0.6 is 11.8 Å². The quantitative estimate of drug-likeness (QED) is 0.542. The molecule has 1 aromatic heterocycles. The Morgan fingerprint density at radius 3 is 2.33 bits per heavy atom. The molecule has 0 aliphatic heterocycles. The summed E-state index contributed by atoms with van der Waals surface area (Å²) in [6.45, 7) is 4.12. The molecule has 0 saturated carbocycles. The number of pyridine rings is 1. The van der Waals surface area contributed by atoms with Gasteiger partial charge in [0.1, 0.15) is 0 Å². The maximum Gasteiger partial charge on any atom is 0.261 e. The fraction of sp³-hybridized carbons (Fsp3) is 0.182. The molecule has 0 spiro atoms. The van der Waals surface area contributed by atoms with Crippen molar-refractivity contribution in [1.29, 1.82) is 0 Å². The number of hydrogen-bond donors (Lipinski definition) is 2. The summed E-state index contributed by atoms with van der Waals surface area (Å²) in [6, 6.07) is 15.7. The van der Waals surface area contributed by atoms with Crippen molar-refractivity contribution in [2.24, 2.45) is 0 Å². The van der Waals surface area contributed by atoms with E-state index < -0.39 is 10.0 Å². The van der Waals surface area contributed by atoms with E-state index in [4.69, 9.17) is 0 Å². The fourth-order valence-electron chi connectivity index (χ4n) is 2.97. The van der Waals surface area contributed by atoms with Crippen molar-refractivity contribution in [3.8, 4) is 0 Å². The highest BCUT2D eigenvalue weighted by Gasteiger charge is 2.14. The number of sulfonamides is 1. The van der Waals surface area contributed by atoms with Gasteiger partial charge in [0.25, 0.3) is 10.0 Å². The average Bonchev–Trinajstić information content (AvgIpc) is 2.68. The Balaban J connectivity index is 1.52. The van der Waals surface area contributed by atoms with Crippen LogP contribution in [-0.2, 0) is 20.6 Å². The molecule has 0 bridgehead atoms. The number of nitrogens with one attached hydrogen (secondary N) is 2. The van der Waals surface area contributed by atoms with Gasteiger partial charge in [-0.1, -0.05) is 29.3 Å². The molecule has 1 amide bonds. The van der Waals surface area contributed by atoms with E-state index in [0.29, 0.717) is 17.1 Å². The van der Waals surface area contributed by atoms with Gasteiger partial charge in [-0.3, -0.25) is 14.5 Å². The molecule has 2 aromatic carbocycles. The lowest BCUT2D eigenvalue weighted by Gasteiger charge is -2.09. The molecular formula is C22H23N3O3S2. The number of aromatic nitrogens is 1. The summed E-state index contributed by atoms with van der Waals surface area (Å²) in [5, 5.41) is 2.79. The van der Waals surface area contributed by atoms with Crippen LogP contribution in [0.1, 0.15) is 16.7 Å². The number of rotatable bonds is 8. The molecule has 0 unspecified atom stereocenters. The van der Waals surface area contributed by atoms with Crippen molar-refractivity contribution < 1.29 is 13.2 Å². The number of nitrogens with zero attached hydrogens (tertiary/aromatic N) is 1. The van der Waals surface area contributed by atoms with Crippen molar-refractivity contribution in [2.45, 2.75) is 24.5 Å². The van der Waals surface area contributed by atoms with Crippen LogP contribution in [0.5, 0.6) is 0 Å². The minimum Gasteiger partial charge on any atom is -0.325 e. The predicted molar refractivity (Wildman–Crippen MR) is 122 cm³/mol. The minimum atomic E-state index is -3.72. The van der Waals surface area contributed by atoms with Gasteiger partial charge >= 0.3 is 0 Å². The van der Waals surface area contributed by atoms with Crippen molar-refractivity contribution in [3.63, 3.8) is 0 Å². The van der Waals surface area contributed by atoms with Crippen LogP contribution in [0.2, 0.25) is 0 Å². The minimum absolute atomic E-state index is 0.105. The first-order valence-electron chi connectivity index (χ1n) is 9.29. The van der Waals surface area contributed by atoms with Gasteiger partial charge in [0.2, 0.25) is 5.91 Å². The molecule has 0 aliphatic rings. The highest BCUT2D eigenvalue weighted by atomic mass is 32.2. The Hall–Kier alpha value is -2.84. The van der Waals surface area contributed by atoms with Crippen molar-refractivity contribution in [3.05, 3.63) is 83.7 Å². The Kier molecular flexibility index (Phi) is 7.12. The zero-order chi connectivity index (χ0) is 21.6. The van der Waals surface area contributed by atoms with E-state index in [0.717, 1.165) is 5.75 Å². The first-order valence-corrected chi connectivity index (χ1v) is 11.9. The van der Waals surface area contributed by atoms with Crippen LogP contribution in [0.3, 0.4) is 0 Å². The van der Waals surface area contributed by atoms with E-state index in [1.807, 2.05) is 0 Å². The lowest BCUT2D eigenvalue weighted by atomic mass is 10.1. The second kappa shape index (κ2) is 9.77. The maximum atomic E-state index is 12.4. The van der Waals surface area contributed by atoms with Crippen LogP contribution in [-0.4, -0.2) is 25.1 Å². The summed E-state index contributed by atoms with van der Waals surface area (Å²) in [5.41, 5.74) is 4.55. The normalized spacial score (nSPS) is 11.1. The van der Waals surface area contributed by atoms with E-state index in [-0.39, 0.29) is 10.8 Å². The average molecular weight is 442 g/mol. The third kappa shape index (κ3) is 6.33. The molecule has 3 aromatic rings. The highest BCUT2D eigenvalue weighted by Crippen LogP contribution is 2.19. The molecule has 0 aliphatic carbocycles. The van der Waals surface area contributed by atoms with E-state index in [1.54, 1.807) is 30.5 Å². The van der Waals surface area contributed by atoms with Gasteiger partial charge in [-0.2, -0.15) is 0 Å². The van der Waals surface area contributed by atoms with Crippen molar-refractivity contribution in [1.82, 2.24) is 4.98 Å². The summed E-state index contributed by atoms with van der Waals surface area (Å²) >= 11 is 1.54. The van der Waals surface area contributed by atoms with Gasteiger partial charge in [0, 0.05) is 17.6 Å². The van der Waals surface area contributed by atoms with Gasteiger partial charge in [-0.15, -0.1) is 11.8 Å². The number of hydrogen-bond acceptors (Lipinski definition) is 5. The SMILES string of the molecule is Cc1cc(C)cc(CSCC(=O)Nc2ccc(S(=O)(=O)Nc3cccnc3)cc2)c1. The van der Waals surface area contributed by atoms with Crippen LogP contribution in [0.4, 0.5) is 11.4 Å². The second-order valence-corrected chi connectivity index (χ2v) is 9.58. The molecule has 0 radical (unpaired) electrons. The molecule has 0 fully saturated rings. The molecular weight excluding hydrogens is 418 g/mol. The summed E-state index contributed by atoms with van der Waals surface area (Å²) in [7, 11) is -3.72. The Morgan fingerprint density at radius 1 is 1.00 bits per heavy atom. The molecule has 1 heterocycles. The molecule has 2 N–H and O–H groups in total. The van der Waals surface area contributed by atoms with Gasteiger partial charge in [-0.25, -0.2) is 8.42 Å². The van der Waals surface area contributed by atoms with E-state index in [1.165, 1.54) is 46.8 Å². The van der Waals surface area contributed by atoms with Crippen LogP contribution < -0.4 is 10.0 Å². The number of thioether (sulfide) groups is 1. The molecule has 3 rings (SSSR count). The van der Waals surface area contributed by atoms with Gasteiger partial charge < -0.3 is 5.32 Å². The summed E-state index contributed by atoms with van der Waals surface area (Å²) < 4.78 is 27.3. The molecule has 6 nitrogen and oxygen atoms in total. The van der Waals surface area contributed by atoms with Crippen molar-refractivity contribution >= 4 is 39.1 Å². The lowest BCUT2D eigenvalue weighted by Crippen LogP contribution is -2.15. The van der Waals surface area contributed by atoms with Crippen LogP contribution in [0.25, 0.3) is 0 Å². The monoisotopic (exact) mass is 441 g/mol. The number of carbonyl (C=O) groups excluding carboxylic acids is 1. The van der Waals surface area contributed by atoms with E-state index in [9.17, 15) is 13.2 Å². The van der Waals surface area contributed by atoms with Gasteiger partial charge in [0.15, 0.2) is 0 Å². The first kappa shape index (κ1) is 21.9. The number of benzene rings is 2. The molecule has 156 valence electrons. The Labute approximate surface area is 181 Å². The molecule has 0 atom stereocenters. The first-order chi connectivity index (χ1) is 14.3. The number of amides is 1. The molecule has 0 saturated heterocycles. The van der Waals surface area contributed by atoms with Crippen LogP contribution in [0.15, 0.2) is 71.9 Å². The van der Waals surface area contributed by atoms with Crippen molar-refractivity contribution in [2.75, 3.05) is 15.8 Å². The van der Waals surface area contributed by atoms with Gasteiger partial charge in [0.05, 0.1) is 22.5 Å². The summed E-state index contributed by atoms with van der Waals surface area (Å²) in [4.78, 5) is 16.2. The zero-order valence-electron chi connectivity index (χ0n) is 16.8. The van der Waals surface area contributed by atoms with Gasteiger partial charge in [-0.05, 0) is 55.8 Å². The molecule has 30 heavy (non-hydrogen) atoms. The van der Waals surface area contributed by atoms with E-state index >= 15 is 0 Å². The highest BCUT2D eigenvalue weighted by molar-refractivity contribution is 7.99. The topological polar surface area (TPSA) is 88.2 Å². The number of carbonyl (C=O) groups is 1. The third-order valence-electron chi connectivity index (χ3n) is 4.15. The standard InChI is InChI=1S/C22H23N3O3S2/c1-16-10-17(2)12-18(11-16)14-29-15-22(26)24-19-5-7-21(8-6-19)30(27,28)25-20-4-3-9-23-13-20/h3-13,25H,14-15H2,1-2H3,(H,24,26). The van der Waals surface area contributed by atoms with Crippen LogP contribution in [0, 0.1) is 13.8 Å². The zero-order valence-corrected chi connectivity index (χ0v) is 18.4. The predicted octanol–water partition coefficient (Wildman–Crippen LogP) is 4.37.